The van der Waals surface area contributed by atoms with Crippen LogP contribution in [0.3, 0.4) is 0 Å². The second-order valence-electron chi connectivity index (χ2n) is 5.06. The molecule has 0 N–H and O–H groups in total. The minimum absolute atomic E-state index is 0.0354. The van der Waals surface area contributed by atoms with Crippen LogP contribution < -0.4 is 4.90 Å². The van der Waals surface area contributed by atoms with Crippen molar-refractivity contribution in [1.29, 1.82) is 0 Å². The fourth-order valence-corrected chi connectivity index (χ4v) is 3.51. The number of para-hydroxylation sites is 1. The average Bonchev–Trinajstić information content (AvgIpc) is 2.92. The third-order valence-corrected chi connectivity index (χ3v) is 4.78. The number of rotatable bonds is 3. The van der Waals surface area contributed by atoms with Gasteiger partial charge in [-0.05, 0) is 37.1 Å². The SMILES string of the molecule is CC(Sc1ccccc1F)C(=O)N1CCc2ccccc21. The van der Waals surface area contributed by atoms with Crippen LogP contribution in [0.25, 0.3) is 0 Å². The van der Waals surface area contributed by atoms with Gasteiger partial charge >= 0.3 is 0 Å². The highest BCUT2D eigenvalue weighted by Gasteiger charge is 2.28. The van der Waals surface area contributed by atoms with E-state index < -0.39 is 0 Å². The largest absolute Gasteiger partial charge is 0.311 e. The van der Waals surface area contributed by atoms with Gasteiger partial charge in [0.05, 0.1) is 5.25 Å². The second-order valence-corrected chi connectivity index (χ2v) is 6.44. The van der Waals surface area contributed by atoms with Gasteiger partial charge in [-0.15, -0.1) is 11.8 Å². The van der Waals surface area contributed by atoms with Gasteiger partial charge in [0, 0.05) is 17.1 Å². The maximum Gasteiger partial charge on any atom is 0.240 e. The second kappa shape index (κ2) is 5.90. The summed E-state index contributed by atoms with van der Waals surface area (Å²) >= 11 is 1.27. The zero-order chi connectivity index (χ0) is 14.8. The standard InChI is InChI=1S/C17H16FNOS/c1-12(21-16-9-5-3-7-14(16)18)17(20)19-11-10-13-6-2-4-8-15(13)19/h2-9,12H,10-11H2,1H3. The number of fused-ring (bicyclic) bond motifs is 1. The van der Waals surface area contributed by atoms with Crippen LogP contribution in [0.5, 0.6) is 0 Å². The summed E-state index contributed by atoms with van der Waals surface area (Å²) in [4.78, 5) is 14.9. The lowest BCUT2D eigenvalue weighted by molar-refractivity contribution is -0.117. The molecular formula is C17H16FNOS. The molecule has 2 nitrogen and oxygen atoms in total. The van der Waals surface area contributed by atoms with Gasteiger partial charge in [-0.1, -0.05) is 30.3 Å². The van der Waals surface area contributed by atoms with Crippen molar-refractivity contribution >= 4 is 23.4 Å². The third-order valence-electron chi connectivity index (χ3n) is 3.64. The number of carbonyl (C=O) groups is 1. The first kappa shape index (κ1) is 14.1. The molecule has 1 aliphatic rings. The van der Waals surface area contributed by atoms with E-state index in [4.69, 9.17) is 0 Å². The lowest BCUT2D eigenvalue weighted by Crippen LogP contribution is -2.35. The lowest BCUT2D eigenvalue weighted by atomic mass is 10.2. The Morgan fingerprint density at radius 1 is 1.19 bits per heavy atom. The van der Waals surface area contributed by atoms with Crippen LogP contribution in [0.2, 0.25) is 0 Å². The van der Waals surface area contributed by atoms with Gasteiger partial charge in [-0.2, -0.15) is 0 Å². The van der Waals surface area contributed by atoms with E-state index in [-0.39, 0.29) is 17.0 Å². The molecule has 0 bridgehead atoms. The van der Waals surface area contributed by atoms with E-state index in [0.29, 0.717) is 11.4 Å². The summed E-state index contributed by atoms with van der Waals surface area (Å²) in [5, 5.41) is -0.312. The molecule has 0 radical (unpaired) electrons. The van der Waals surface area contributed by atoms with Crippen molar-refractivity contribution in [2.75, 3.05) is 11.4 Å². The minimum Gasteiger partial charge on any atom is -0.311 e. The molecule has 0 saturated heterocycles. The zero-order valence-corrected chi connectivity index (χ0v) is 12.6. The molecule has 0 aromatic heterocycles. The molecule has 1 unspecified atom stereocenters. The number of hydrogen-bond donors (Lipinski definition) is 0. The van der Waals surface area contributed by atoms with Crippen molar-refractivity contribution in [2.24, 2.45) is 0 Å². The van der Waals surface area contributed by atoms with E-state index in [2.05, 4.69) is 6.07 Å². The number of nitrogens with zero attached hydrogens (tertiary/aromatic N) is 1. The van der Waals surface area contributed by atoms with Crippen molar-refractivity contribution in [3.8, 4) is 0 Å². The number of hydrogen-bond acceptors (Lipinski definition) is 2. The first-order valence-corrected chi connectivity index (χ1v) is 7.85. The van der Waals surface area contributed by atoms with Crippen LogP contribution in [0.1, 0.15) is 12.5 Å². The predicted molar refractivity (Wildman–Crippen MR) is 84.2 cm³/mol. The Kier molecular flexibility index (Phi) is 3.97. The summed E-state index contributed by atoms with van der Waals surface area (Å²) in [6, 6.07) is 14.5. The monoisotopic (exact) mass is 301 g/mol. The molecule has 1 amide bonds. The van der Waals surface area contributed by atoms with Gasteiger partial charge in [-0.25, -0.2) is 4.39 Å². The predicted octanol–water partition coefficient (Wildman–Crippen LogP) is 3.90. The van der Waals surface area contributed by atoms with Gasteiger partial charge in [0.2, 0.25) is 5.91 Å². The van der Waals surface area contributed by atoms with Crippen LogP contribution in [0, 0.1) is 5.82 Å². The van der Waals surface area contributed by atoms with Gasteiger partial charge in [0.25, 0.3) is 0 Å². The molecule has 0 spiro atoms. The molecule has 1 aliphatic heterocycles. The summed E-state index contributed by atoms with van der Waals surface area (Å²) in [5.41, 5.74) is 2.19. The van der Waals surface area contributed by atoms with Crippen molar-refractivity contribution in [3.63, 3.8) is 0 Å². The quantitative estimate of drug-likeness (QED) is 0.802. The number of amides is 1. The molecule has 1 atom stereocenters. The maximum atomic E-state index is 13.7. The highest BCUT2D eigenvalue weighted by atomic mass is 32.2. The van der Waals surface area contributed by atoms with E-state index in [1.54, 1.807) is 18.2 Å². The molecule has 0 aliphatic carbocycles. The first-order valence-electron chi connectivity index (χ1n) is 6.97. The Hall–Kier alpha value is -1.81. The van der Waals surface area contributed by atoms with Gasteiger partial charge in [-0.3, -0.25) is 4.79 Å². The number of carbonyl (C=O) groups excluding carboxylic acids is 1. The van der Waals surface area contributed by atoms with E-state index in [1.165, 1.54) is 23.4 Å². The van der Waals surface area contributed by atoms with E-state index in [1.807, 2.05) is 30.0 Å². The Labute approximate surface area is 128 Å². The van der Waals surface area contributed by atoms with Crippen LogP contribution >= 0.6 is 11.8 Å². The van der Waals surface area contributed by atoms with Gasteiger partial charge in [0.1, 0.15) is 5.82 Å². The van der Waals surface area contributed by atoms with E-state index in [0.717, 1.165) is 12.1 Å². The Morgan fingerprint density at radius 2 is 1.90 bits per heavy atom. The number of benzene rings is 2. The smallest absolute Gasteiger partial charge is 0.240 e. The number of halogens is 1. The van der Waals surface area contributed by atoms with Crippen LogP contribution in [0.4, 0.5) is 10.1 Å². The Morgan fingerprint density at radius 3 is 2.71 bits per heavy atom. The summed E-state index contributed by atoms with van der Waals surface area (Å²) in [6.07, 6.45) is 0.888. The lowest BCUT2D eigenvalue weighted by Gasteiger charge is -2.21. The van der Waals surface area contributed by atoms with Crippen molar-refractivity contribution < 1.29 is 9.18 Å². The molecule has 4 heteroatoms. The molecule has 108 valence electrons. The van der Waals surface area contributed by atoms with E-state index in [9.17, 15) is 9.18 Å². The highest BCUT2D eigenvalue weighted by molar-refractivity contribution is 8.00. The molecule has 0 fully saturated rings. The first-order chi connectivity index (χ1) is 10.2. The van der Waals surface area contributed by atoms with Gasteiger partial charge < -0.3 is 4.90 Å². The molecule has 2 aromatic carbocycles. The van der Waals surface area contributed by atoms with Crippen LogP contribution in [-0.4, -0.2) is 17.7 Å². The summed E-state index contributed by atoms with van der Waals surface area (Å²) in [6.45, 7) is 2.54. The minimum atomic E-state index is -0.312. The maximum absolute atomic E-state index is 13.7. The Balaban J connectivity index is 1.76. The summed E-state index contributed by atoms with van der Waals surface area (Å²) in [5.74, 6) is -0.239. The van der Waals surface area contributed by atoms with Crippen LogP contribution in [0.15, 0.2) is 53.4 Å². The third kappa shape index (κ3) is 2.81. The van der Waals surface area contributed by atoms with Crippen molar-refractivity contribution in [3.05, 3.63) is 59.9 Å². The molecule has 1 heterocycles. The molecule has 0 saturated carbocycles. The van der Waals surface area contributed by atoms with E-state index >= 15 is 0 Å². The van der Waals surface area contributed by atoms with Gasteiger partial charge in [0.15, 0.2) is 0 Å². The zero-order valence-electron chi connectivity index (χ0n) is 11.8. The molecule has 2 aromatic rings. The van der Waals surface area contributed by atoms with Crippen molar-refractivity contribution in [1.82, 2.24) is 0 Å². The van der Waals surface area contributed by atoms with Crippen LogP contribution in [-0.2, 0) is 11.2 Å². The molecular weight excluding hydrogens is 285 g/mol. The number of anilines is 1. The highest BCUT2D eigenvalue weighted by Crippen LogP contribution is 2.32. The molecule has 21 heavy (non-hydrogen) atoms. The normalized spacial score (nSPS) is 14.9. The Bertz CT molecular complexity index is 673. The van der Waals surface area contributed by atoms with Crippen molar-refractivity contribution in [2.45, 2.75) is 23.5 Å². The molecule has 3 rings (SSSR count). The fraction of sp³-hybridized carbons (Fsp3) is 0.235. The summed E-state index contributed by atoms with van der Waals surface area (Å²) < 4.78 is 13.7. The summed E-state index contributed by atoms with van der Waals surface area (Å²) in [7, 11) is 0. The topological polar surface area (TPSA) is 20.3 Å². The average molecular weight is 301 g/mol. The fourth-order valence-electron chi connectivity index (χ4n) is 2.57. The number of thioether (sulfide) groups is 1.